The van der Waals surface area contributed by atoms with Crippen LogP contribution in [0.2, 0.25) is 5.02 Å². The molecule has 4 aromatic rings. The van der Waals surface area contributed by atoms with Crippen molar-refractivity contribution in [3.63, 3.8) is 0 Å². The number of halogens is 2. The Kier molecular flexibility index (Phi) is 5.31. The molecular formula is C22H17ClFN5O2. The average Bonchev–Trinajstić information content (AvgIpc) is 3.10. The summed E-state index contributed by atoms with van der Waals surface area (Å²) < 4.78 is 22.0. The third-order valence-electron chi connectivity index (χ3n) is 4.67. The Balaban J connectivity index is 1.76. The average molecular weight is 438 g/mol. The van der Waals surface area contributed by atoms with Crippen LogP contribution in [0.1, 0.15) is 16.1 Å². The number of carbonyl (C=O) groups is 1. The molecule has 0 unspecified atom stereocenters. The predicted molar refractivity (Wildman–Crippen MR) is 116 cm³/mol. The van der Waals surface area contributed by atoms with Gasteiger partial charge in [0, 0.05) is 17.8 Å². The smallest absolute Gasteiger partial charge is 0.252 e. The van der Waals surface area contributed by atoms with Crippen LogP contribution in [-0.2, 0) is 0 Å². The summed E-state index contributed by atoms with van der Waals surface area (Å²) in [5.41, 5.74) is 13.4. The Morgan fingerprint density at radius 3 is 2.55 bits per heavy atom. The Labute approximate surface area is 182 Å². The number of nitrogen functional groups attached to an aromatic ring is 1. The number of benzene rings is 2. The third-order valence-corrected chi connectivity index (χ3v) is 5.05. The normalized spacial score (nSPS) is 10.8. The maximum Gasteiger partial charge on any atom is 0.252 e. The highest BCUT2D eigenvalue weighted by atomic mass is 35.5. The van der Waals surface area contributed by atoms with Gasteiger partial charge in [0.2, 0.25) is 0 Å². The molecule has 0 aliphatic rings. The number of rotatable bonds is 5. The molecule has 7 nitrogen and oxygen atoms in total. The Morgan fingerprint density at radius 2 is 1.87 bits per heavy atom. The van der Waals surface area contributed by atoms with Crippen molar-refractivity contribution in [2.45, 2.75) is 6.92 Å². The van der Waals surface area contributed by atoms with Crippen LogP contribution >= 0.6 is 11.6 Å². The molecule has 4 N–H and O–H groups in total. The second-order valence-electron chi connectivity index (χ2n) is 6.68. The summed E-state index contributed by atoms with van der Waals surface area (Å²) in [5.74, 6) is -1.16. The van der Waals surface area contributed by atoms with E-state index in [2.05, 4.69) is 10.1 Å². The van der Waals surface area contributed by atoms with Gasteiger partial charge in [-0.25, -0.2) is 14.1 Å². The van der Waals surface area contributed by atoms with E-state index in [0.717, 1.165) is 5.69 Å². The Hall–Kier alpha value is -3.91. The van der Waals surface area contributed by atoms with Gasteiger partial charge in [-0.15, -0.1) is 0 Å². The first-order valence-electron chi connectivity index (χ1n) is 9.19. The molecule has 2 heterocycles. The van der Waals surface area contributed by atoms with Crippen molar-refractivity contribution in [1.82, 2.24) is 14.8 Å². The summed E-state index contributed by atoms with van der Waals surface area (Å²) in [6, 6.07) is 15.0. The lowest BCUT2D eigenvalue weighted by molar-refractivity contribution is 0.100. The van der Waals surface area contributed by atoms with Crippen molar-refractivity contribution in [1.29, 1.82) is 0 Å². The highest BCUT2D eigenvalue weighted by Crippen LogP contribution is 2.35. The van der Waals surface area contributed by atoms with Crippen LogP contribution in [-0.4, -0.2) is 20.7 Å². The topological polar surface area (TPSA) is 109 Å². The fraction of sp³-hybridized carbons (Fsp3) is 0.0455. The van der Waals surface area contributed by atoms with Gasteiger partial charge in [0.05, 0.1) is 16.9 Å². The van der Waals surface area contributed by atoms with E-state index < -0.39 is 11.7 Å². The Bertz CT molecular complexity index is 1290. The monoisotopic (exact) mass is 437 g/mol. The molecule has 9 heteroatoms. The van der Waals surface area contributed by atoms with Gasteiger partial charge in [-0.2, -0.15) is 5.10 Å². The zero-order valence-electron chi connectivity index (χ0n) is 16.3. The molecule has 0 spiro atoms. The number of para-hydroxylation sites is 1. The van der Waals surface area contributed by atoms with E-state index in [9.17, 15) is 9.18 Å². The number of amides is 1. The second kappa shape index (κ2) is 8.08. The van der Waals surface area contributed by atoms with E-state index in [4.69, 9.17) is 27.8 Å². The molecule has 0 saturated carbocycles. The number of hydrogen-bond acceptors (Lipinski definition) is 5. The lowest BCUT2D eigenvalue weighted by Crippen LogP contribution is -2.13. The lowest BCUT2D eigenvalue weighted by Gasteiger charge is -2.10. The van der Waals surface area contributed by atoms with Crippen molar-refractivity contribution in [2.75, 3.05) is 5.73 Å². The highest BCUT2D eigenvalue weighted by Gasteiger charge is 2.22. The number of carbonyl (C=O) groups excluding carboxylic acids is 1. The summed E-state index contributed by atoms with van der Waals surface area (Å²) in [6.07, 6.45) is 1.40. The van der Waals surface area contributed by atoms with Crippen molar-refractivity contribution in [2.24, 2.45) is 5.73 Å². The van der Waals surface area contributed by atoms with E-state index in [0.29, 0.717) is 11.3 Å². The minimum Gasteiger partial charge on any atom is -0.453 e. The maximum absolute atomic E-state index is 14.9. The van der Waals surface area contributed by atoms with Gasteiger partial charge in [0.15, 0.2) is 17.3 Å². The number of primary amides is 1. The fourth-order valence-electron chi connectivity index (χ4n) is 3.19. The van der Waals surface area contributed by atoms with Crippen molar-refractivity contribution in [3.8, 4) is 28.4 Å². The summed E-state index contributed by atoms with van der Waals surface area (Å²) in [4.78, 5) is 16.0. The van der Waals surface area contributed by atoms with E-state index >= 15 is 0 Å². The van der Waals surface area contributed by atoms with Crippen LogP contribution < -0.4 is 16.2 Å². The number of nitrogens with zero attached hydrogens (tertiary/aromatic N) is 3. The number of hydrogen-bond donors (Lipinski definition) is 2. The van der Waals surface area contributed by atoms with Crippen molar-refractivity contribution in [3.05, 3.63) is 82.9 Å². The van der Waals surface area contributed by atoms with E-state index in [1.807, 2.05) is 30.3 Å². The van der Waals surface area contributed by atoms with Crippen molar-refractivity contribution >= 4 is 23.3 Å². The van der Waals surface area contributed by atoms with Crippen LogP contribution in [0, 0.1) is 12.7 Å². The molecular weight excluding hydrogens is 421 g/mol. The zero-order valence-corrected chi connectivity index (χ0v) is 17.1. The number of nitrogens with two attached hydrogens (primary N) is 2. The largest absolute Gasteiger partial charge is 0.453 e. The second-order valence-corrected chi connectivity index (χ2v) is 7.05. The maximum atomic E-state index is 14.9. The quantitative estimate of drug-likeness (QED) is 0.477. The summed E-state index contributed by atoms with van der Waals surface area (Å²) in [7, 11) is 0. The molecule has 0 fully saturated rings. The van der Waals surface area contributed by atoms with Gasteiger partial charge < -0.3 is 16.2 Å². The van der Waals surface area contributed by atoms with E-state index in [-0.39, 0.29) is 33.6 Å². The first-order valence-corrected chi connectivity index (χ1v) is 9.57. The van der Waals surface area contributed by atoms with E-state index in [1.165, 1.54) is 24.4 Å². The molecule has 156 valence electrons. The molecule has 0 saturated heterocycles. The number of pyridine rings is 1. The molecule has 31 heavy (non-hydrogen) atoms. The molecule has 2 aromatic carbocycles. The van der Waals surface area contributed by atoms with Gasteiger partial charge in [-0.3, -0.25) is 4.79 Å². The number of ether oxygens (including phenoxy) is 1. The fourth-order valence-corrected chi connectivity index (χ4v) is 3.34. The number of anilines is 1. The van der Waals surface area contributed by atoms with Crippen LogP contribution in [0.5, 0.6) is 11.5 Å². The summed E-state index contributed by atoms with van der Waals surface area (Å²) in [5, 5.41) is 4.60. The van der Waals surface area contributed by atoms with Gasteiger partial charge >= 0.3 is 0 Å². The first-order chi connectivity index (χ1) is 14.9. The van der Waals surface area contributed by atoms with E-state index in [1.54, 1.807) is 17.7 Å². The molecule has 0 aliphatic carbocycles. The molecule has 0 atom stereocenters. The predicted octanol–water partition coefficient (Wildman–Crippen LogP) is 4.51. The minimum absolute atomic E-state index is 0.0731. The number of aromatic nitrogens is 3. The SMILES string of the molecule is Cc1c(C(N)=O)c(-c2ccc(Oc3ccnc(N)c3Cl)c(F)c2)nn1-c1ccccc1. The Morgan fingerprint density at radius 1 is 1.13 bits per heavy atom. The van der Waals surface area contributed by atoms with Crippen LogP contribution in [0.25, 0.3) is 16.9 Å². The molecule has 1 amide bonds. The minimum atomic E-state index is -0.675. The van der Waals surface area contributed by atoms with Crippen molar-refractivity contribution < 1.29 is 13.9 Å². The third kappa shape index (κ3) is 3.80. The molecule has 0 aliphatic heterocycles. The van der Waals surface area contributed by atoms with Gasteiger partial charge in [-0.05, 0) is 37.3 Å². The molecule has 0 radical (unpaired) electrons. The van der Waals surface area contributed by atoms with Gasteiger partial charge in [-0.1, -0.05) is 29.8 Å². The first kappa shape index (κ1) is 20.4. The zero-order chi connectivity index (χ0) is 22.1. The van der Waals surface area contributed by atoms with Crippen LogP contribution in [0.3, 0.4) is 0 Å². The van der Waals surface area contributed by atoms with Crippen LogP contribution in [0.15, 0.2) is 60.8 Å². The highest BCUT2D eigenvalue weighted by molar-refractivity contribution is 6.34. The summed E-state index contributed by atoms with van der Waals surface area (Å²) in [6.45, 7) is 1.73. The summed E-state index contributed by atoms with van der Waals surface area (Å²) >= 11 is 6.06. The molecule has 0 bridgehead atoms. The van der Waals surface area contributed by atoms with Gasteiger partial charge in [0.25, 0.3) is 5.91 Å². The van der Waals surface area contributed by atoms with Gasteiger partial charge in [0.1, 0.15) is 16.5 Å². The molecule has 2 aromatic heterocycles. The lowest BCUT2D eigenvalue weighted by atomic mass is 10.1. The standard InChI is InChI=1S/C22H17ClFN5O2/c1-12-18(22(26)30)20(28-29(12)14-5-3-2-4-6-14)13-7-8-16(15(24)11-13)31-17-9-10-27-21(25)19(17)23/h2-11H,1H3,(H2,25,27)(H2,26,30). The van der Waals surface area contributed by atoms with Crippen LogP contribution in [0.4, 0.5) is 10.2 Å². The molecule has 4 rings (SSSR count).